The van der Waals surface area contributed by atoms with Gasteiger partial charge in [0.15, 0.2) is 11.6 Å². The lowest BCUT2D eigenvalue weighted by atomic mass is 9.99. The van der Waals surface area contributed by atoms with Crippen LogP contribution in [0.2, 0.25) is 0 Å². The molecule has 0 radical (unpaired) electrons. The Morgan fingerprint density at radius 3 is 3.11 bits per heavy atom. The van der Waals surface area contributed by atoms with Gasteiger partial charge in [0.1, 0.15) is 0 Å². The molecule has 100 valence electrons. The van der Waals surface area contributed by atoms with Crippen LogP contribution in [-0.4, -0.2) is 42.2 Å². The summed E-state index contributed by atoms with van der Waals surface area (Å²) < 4.78 is 5.59. The monoisotopic (exact) mass is 249 g/mol. The molecule has 0 aromatic carbocycles. The molecule has 1 saturated heterocycles. The average molecular weight is 249 g/mol. The standard InChI is InChI=1S/C14H23N3O/c1-4-18-13-6-5-8-15-14(13)16-12-7-9-17(3)11(2)10-12/h5-6,8,11-12H,4,7,9-10H2,1-3H3,(H,15,16). The zero-order valence-corrected chi connectivity index (χ0v) is 11.5. The van der Waals surface area contributed by atoms with E-state index >= 15 is 0 Å². The molecule has 0 bridgehead atoms. The van der Waals surface area contributed by atoms with Crippen LogP contribution < -0.4 is 10.1 Å². The highest BCUT2D eigenvalue weighted by atomic mass is 16.5. The van der Waals surface area contributed by atoms with Crippen LogP contribution in [0.3, 0.4) is 0 Å². The SMILES string of the molecule is CCOc1cccnc1NC1CCN(C)C(C)C1. The second-order valence-electron chi connectivity index (χ2n) is 4.98. The number of hydrogen-bond acceptors (Lipinski definition) is 4. The van der Waals surface area contributed by atoms with E-state index < -0.39 is 0 Å². The Hall–Kier alpha value is -1.29. The van der Waals surface area contributed by atoms with Crippen LogP contribution in [0, 0.1) is 0 Å². The van der Waals surface area contributed by atoms with Gasteiger partial charge in [-0.2, -0.15) is 0 Å². The van der Waals surface area contributed by atoms with Crippen molar-refractivity contribution < 1.29 is 4.74 Å². The van der Waals surface area contributed by atoms with E-state index in [1.54, 1.807) is 0 Å². The van der Waals surface area contributed by atoms with Crippen LogP contribution >= 0.6 is 0 Å². The van der Waals surface area contributed by atoms with E-state index in [0.29, 0.717) is 18.7 Å². The minimum absolute atomic E-state index is 0.491. The van der Waals surface area contributed by atoms with E-state index in [1.165, 1.54) is 0 Å². The molecule has 1 aromatic heterocycles. The molecule has 1 aliphatic heterocycles. The maximum atomic E-state index is 5.59. The summed E-state index contributed by atoms with van der Waals surface area (Å²) in [5.74, 6) is 1.73. The number of aromatic nitrogens is 1. The number of rotatable bonds is 4. The number of nitrogens with zero attached hydrogens (tertiary/aromatic N) is 2. The topological polar surface area (TPSA) is 37.4 Å². The number of ether oxygens (including phenoxy) is 1. The van der Waals surface area contributed by atoms with Gasteiger partial charge >= 0.3 is 0 Å². The summed E-state index contributed by atoms with van der Waals surface area (Å²) in [6, 6.07) is 4.99. The van der Waals surface area contributed by atoms with E-state index in [9.17, 15) is 0 Å². The average Bonchev–Trinajstić information content (AvgIpc) is 2.37. The molecule has 1 N–H and O–H groups in total. The summed E-state index contributed by atoms with van der Waals surface area (Å²) in [6.07, 6.45) is 4.12. The molecule has 1 fully saturated rings. The number of anilines is 1. The third-order valence-electron chi connectivity index (χ3n) is 3.62. The first-order valence-electron chi connectivity index (χ1n) is 6.75. The van der Waals surface area contributed by atoms with Crippen molar-refractivity contribution in [1.29, 1.82) is 0 Å². The summed E-state index contributed by atoms with van der Waals surface area (Å²) in [5, 5.41) is 3.52. The highest BCUT2D eigenvalue weighted by Crippen LogP contribution is 2.25. The highest BCUT2D eigenvalue weighted by molar-refractivity contribution is 5.50. The third-order valence-corrected chi connectivity index (χ3v) is 3.62. The molecular weight excluding hydrogens is 226 g/mol. The van der Waals surface area contributed by atoms with Crippen molar-refractivity contribution >= 4 is 5.82 Å². The lowest BCUT2D eigenvalue weighted by molar-refractivity contribution is 0.189. The Labute approximate surface area is 109 Å². The summed E-state index contributed by atoms with van der Waals surface area (Å²) >= 11 is 0. The zero-order valence-electron chi connectivity index (χ0n) is 11.5. The minimum Gasteiger partial charge on any atom is -0.490 e. The van der Waals surface area contributed by atoms with E-state index in [4.69, 9.17) is 4.74 Å². The van der Waals surface area contributed by atoms with Crippen molar-refractivity contribution in [1.82, 2.24) is 9.88 Å². The molecule has 2 rings (SSSR count). The van der Waals surface area contributed by atoms with E-state index in [2.05, 4.69) is 29.2 Å². The normalized spacial score (nSPS) is 24.8. The maximum Gasteiger partial charge on any atom is 0.168 e. The highest BCUT2D eigenvalue weighted by Gasteiger charge is 2.23. The Balaban J connectivity index is 2.01. The molecule has 4 nitrogen and oxygen atoms in total. The predicted octanol–water partition coefficient (Wildman–Crippen LogP) is 2.37. The number of pyridine rings is 1. The van der Waals surface area contributed by atoms with Gasteiger partial charge < -0.3 is 15.0 Å². The number of likely N-dealkylation sites (tertiary alicyclic amines) is 1. The molecule has 18 heavy (non-hydrogen) atoms. The van der Waals surface area contributed by atoms with Crippen LogP contribution in [0.15, 0.2) is 18.3 Å². The summed E-state index contributed by atoms with van der Waals surface area (Å²) in [4.78, 5) is 6.79. The molecule has 0 aliphatic carbocycles. The van der Waals surface area contributed by atoms with E-state index in [-0.39, 0.29) is 0 Å². The fraction of sp³-hybridized carbons (Fsp3) is 0.643. The van der Waals surface area contributed by atoms with Crippen LogP contribution in [-0.2, 0) is 0 Å². The fourth-order valence-electron chi connectivity index (χ4n) is 2.38. The molecule has 0 amide bonds. The van der Waals surface area contributed by atoms with Crippen molar-refractivity contribution in [2.45, 2.75) is 38.8 Å². The summed E-state index contributed by atoms with van der Waals surface area (Å²) in [7, 11) is 2.19. The van der Waals surface area contributed by atoms with Gasteiger partial charge in [-0.1, -0.05) is 0 Å². The van der Waals surface area contributed by atoms with Gasteiger partial charge in [-0.15, -0.1) is 0 Å². The second-order valence-corrected chi connectivity index (χ2v) is 4.98. The zero-order chi connectivity index (χ0) is 13.0. The molecule has 2 heterocycles. The van der Waals surface area contributed by atoms with Crippen LogP contribution in [0.25, 0.3) is 0 Å². The number of hydrogen-bond donors (Lipinski definition) is 1. The largest absolute Gasteiger partial charge is 0.490 e. The third kappa shape index (κ3) is 3.13. The van der Waals surface area contributed by atoms with Gasteiger partial charge in [0.05, 0.1) is 6.61 Å². The molecule has 1 aromatic rings. The summed E-state index contributed by atoms with van der Waals surface area (Å²) in [5.41, 5.74) is 0. The van der Waals surface area contributed by atoms with E-state index in [0.717, 1.165) is 31.0 Å². The Morgan fingerprint density at radius 2 is 2.39 bits per heavy atom. The van der Waals surface area contributed by atoms with Gasteiger partial charge in [0.2, 0.25) is 0 Å². The quantitative estimate of drug-likeness (QED) is 0.889. The minimum atomic E-state index is 0.491. The van der Waals surface area contributed by atoms with Gasteiger partial charge in [0.25, 0.3) is 0 Å². The molecule has 2 atom stereocenters. The molecule has 0 saturated carbocycles. The van der Waals surface area contributed by atoms with Gasteiger partial charge in [-0.25, -0.2) is 4.98 Å². The summed E-state index contributed by atoms with van der Waals surface area (Å²) in [6.45, 7) is 6.07. The smallest absolute Gasteiger partial charge is 0.168 e. The first-order valence-corrected chi connectivity index (χ1v) is 6.75. The molecule has 1 aliphatic rings. The molecular formula is C14H23N3O. The van der Waals surface area contributed by atoms with Gasteiger partial charge in [-0.05, 0) is 45.9 Å². The molecule has 4 heteroatoms. The Morgan fingerprint density at radius 1 is 1.56 bits per heavy atom. The predicted molar refractivity (Wildman–Crippen MR) is 74.1 cm³/mol. The molecule has 2 unspecified atom stereocenters. The van der Waals surface area contributed by atoms with Crippen LogP contribution in [0.1, 0.15) is 26.7 Å². The van der Waals surface area contributed by atoms with Gasteiger partial charge in [-0.3, -0.25) is 0 Å². The number of nitrogens with one attached hydrogen (secondary N) is 1. The van der Waals surface area contributed by atoms with Crippen molar-refractivity contribution in [2.24, 2.45) is 0 Å². The fourth-order valence-corrected chi connectivity index (χ4v) is 2.38. The van der Waals surface area contributed by atoms with Crippen molar-refractivity contribution in [2.75, 3.05) is 25.5 Å². The lowest BCUT2D eigenvalue weighted by Gasteiger charge is -2.35. The first-order chi connectivity index (χ1) is 8.70. The molecule has 0 spiro atoms. The van der Waals surface area contributed by atoms with Crippen LogP contribution in [0.5, 0.6) is 5.75 Å². The Bertz CT molecular complexity index is 383. The first kappa shape index (κ1) is 13.1. The van der Waals surface area contributed by atoms with Crippen LogP contribution in [0.4, 0.5) is 5.82 Å². The lowest BCUT2D eigenvalue weighted by Crippen LogP contribution is -2.42. The maximum absolute atomic E-state index is 5.59. The van der Waals surface area contributed by atoms with E-state index in [1.807, 2.05) is 25.3 Å². The van der Waals surface area contributed by atoms with Crippen molar-refractivity contribution in [3.8, 4) is 5.75 Å². The number of piperidine rings is 1. The second kappa shape index (κ2) is 6.05. The van der Waals surface area contributed by atoms with Gasteiger partial charge in [0, 0.05) is 24.8 Å². The van der Waals surface area contributed by atoms with Crippen molar-refractivity contribution in [3.63, 3.8) is 0 Å². The van der Waals surface area contributed by atoms with Crippen molar-refractivity contribution in [3.05, 3.63) is 18.3 Å². The Kier molecular flexibility index (Phi) is 4.42.